The minimum absolute atomic E-state index is 0. The number of methoxy groups -OCH3 is 2. The molecule has 0 atom stereocenters. The van der Waals surface area contributed by atoms with E-state index in [0.717, 1.165) is 67.2 Å². The van der Waals surface area contributed by atoms with Crippen LogP contribution in [-0.4, -0.2) is 186 Å². The molecule has 652 valence electrons. The van der Waals surface area contributed by atoms with Crippen LogP contribution < -0.4 is 44.0 Å². The molecule has 0 spiro atoms. The van der Waals surface area contributed by atoms with Crippen molar-refractivity contribution in [2.24, 2.45) is 5.84 Å². The van der Waals surface area contributed by atoms with Crippen molar-refractivity contribution >= 4 is 280 Å². The summed E-state index contributed by atoms with van der Waals surface area (Å²) in [6.45, 7) is 17.2. The number of carbonyl (C=O) groups excluding carboxylic acids is 3. The summed E-state index contributed by atoms with van der Waals surface area (Å²) in [5, 5.41) is 55.4. The number of nitrogens with two attached hydrogens (primary N) is 3. The Morgan fingerprint density at radius 1 is 0.595 bits per heavy atom. The van der Waals surface area contributed by atoms with Crippen LogP contribution in [0.3, 0.4) is 0 Å². The molecule has 0 radical (unpaired) electrons. The molecule has 2 fully saturated rings. The molecule has 2 aliphatic rings. The highest BCUT2D eigenvalue weighted by molar-refractivity contribution is 8.24. The number of rotatable bonds is 2. The van der Waals surface area contributed by atoms with E-state index in [2.05, 4.69) is 140 Å². The number of likely N-dealkylation sites (N-methyl/N-ethyl adjacent to an activating group) is 2. The molecule has 121 heavy (non-hydrogen) atoms. The summed E-state index contributed by atoms with van der Waals surface area (Å²) < 4.78 is 37.8. The van der Waals surface area contributed by atoms with Crippen molar-refractivity contribution in [3.8, 4) is 18.2 Å². The zero-order chi connectivity index (χ0) is 91.5. The van der Waals surface area contributed by atoms with Crippen LogP contribution in [0.4, 0.5) is 37.0 Å². The van der Waals surface area contributed by atoms with E-state index in [4.69, 9.17) is 178 Å². The van der Waals surface area contributed by atoms with Gasteiger partial charge >= 0.3 is 22.4 Å². The Balaban J connectivity index is 0.000000472. The van der Waals surface area contributed by atoms with Gasteiger partial charge in [-0.25, -0.2) is 45.1 Å². The van der Waals surface area contributed by atoms with Crippen molar-refractivity contribution < 1.29 is 39.3 Å². The summed E-state index contributed by atoms with van der Waals surface area (Å²) in [6, 6.07) is 26.4. The second kappa shape index (κ2) is 54.1. The largest absolute Gasteiger partial charge is 0.457 e. The number of aryl methyl sites for hydroxylation is 3. The summed E-state index contributed by atoms with van der Waals surface area (Å²) in [5.74, 6) is 7.01. The number of nitrogen functional groups attached to an aromatic ring is 2. The second-order valence-electron chi connectivity index (χ2n) is 23.3. The first-order valence-electron chi connectivity index (χ1n) is 34.1. The first kappa shape index (κ1) is 107. The summed E-state index contributed by atoms with van der Waals surface area (Å²) in [5.41, 5.74) is 17.6. The van der Waals surface area contributed by atoms with Gasteiger partial charge in [0.1, 0.15) is 35.7 Å². The van der Waals surface area contributed by atoms with E-state index in [-0.39, 0.29) is 52.2 Å². The van der Waals surface area contributed by atoms with Gasteiger partial charge < -0.3 is 51.0 Å². The molecule has 0 unspecified atom stereocenters. The third-order valence-corrected chi connectivity index (χ3v) is 18.9. The number of aliphatic hydroxyl groups excluding tert-OH is 1. The van der Waals surface area contributed by atoms with Crippen LogP contribution in [0.2, 0.25) is 60.5 Å². The first-order chi connectivity index (χ1) is 56.9. The van der Waals surface area contributed by atoms with Gasteiger partial charge in [0, 0.05) is 98.7 Å². The van der Waals surface area contributed by atoms with Gasteiger partial charge in [-0.1, -0.05) is 135 Å². The maximum absolute atomic E-state index is 11.7. The molecular weight excluding hydrogens is 1930 g/mol. The number of benzene rings is 6. The first-order valence-corrected chi connectivity index (χ1v) is 42.7. The molecule has 2 amide bonds. The Morgan fingerprint density at radius 2 is 0.975 bits per heavy atom. The number of anilines is 4. The molecule has 2 aliphatic heterocycles. The summed E-state index contributed by atoms with van der Waals surface area (Å²) >= 11 is 88.8. The van der Waals surface area contributed by atoms with E-state index < -0.39 is 23.9 Å². The van der Waals surface area contributed by atoms with Gasteiger partial charge in [-0.15, -0.1) is 15.3 Å². The van der Waals surface area contributed by atoms with Gasteiger partial charge in [0.05, 0.1) is 123 Å². The van der Waals surface area contributed by atoms with Crippen LogP contribution in [0.25, 0.3) is 49.7 Å². The highest BCUT2D eigenvalue weighted by Gasteiger charge is 2.23. The van der Waals surface area contributed by atoms with Crippen LogP contribution in [0.15, 0.2) is 83.7 Å². The number of ether oxygens (including phenoxy) is 2. The number of piperazine rings is 2. The summed E-state index contributed by atoms with van der Waals surface area (Å²) in [7, 11) is 5.72. The van der Waals surface area contributed by atoms with Crippen molar-refractivity contribution in [3.63, 3.8) is 0 Å². The molecule has 14 rings (SSSR count). The van der Waals surface area contributed by atoms with E-state index in [0.29, 0.717) is 113 Å². The molecule has 50 heteroatoms. The number of amides is 2. The third-order valence-electron chi connectivity index (χ3n) is 14.7. The smallest absolute Gasteiger partial charge is 0.411 e. The predicted molar refractivity (Wildman–Crippen MR) is 488 cm³/mol. The van der Waals surface area contributed by atoms with Crippen LogP contribution in [0.1, 0.15) is 56.8 Å². The zero-order valence-corrected chi connectivity index (χ0v) is 77.1. The molecule has 0 bridgehead atoms. The highest BCUT2D eigenvalue weighted by atomic mass is 36.0. The van der Waals surface area contributed by atoms with E-state index >= 15 is 0 Å². The number of fused-ring (bicyclic) bond motifs is 9. The van der Waals surface area contributed by atoms with Crippen LogP contribution >= 0.6 is 190 Å². The standard InChI is InChI=1S/C15H16Cl2N6.C10H5Cl3N4.C10H6Cl2N4O.C9H6Cl2N2O2.C7H4Cl2N2.C7H5ClN2.C5H12N2.C2H3ClO2.C2H6N2O.C2H6O.CH3F.CH4.Cl3OP/c1-9-18-14-10-7-11(16)12(17)8-13(10)19-15(23(14)20-9)22-5-3-21(2)4-6-22;1-4-14-9-5-2-6(11)7(12)3-8(5)15-10(13)17(9)16-4;1-4-13-9-5-2-6(11)7(12)3-8(5)14-10(17)16(9)15-4;1-15-9(14)13-8-3-7(11)6(10)2-5(8)4-12;8-5-1-4(3-10)7(11)2-6(5)9;8-6-2-1-5(4-9)7(10)3-6;1-7-4-2-6-3-5-7;1-5-2(3)4;1-2(5)4-3;1-2-3;1-2;;1-5(2,3)4/h7-8H,3-6H2,1-2H3;2-3H,1H3;2-3H,1H3,(H,14,17);2-3H,1H3,(H,13,14);1-2H,11H2;1-3H,10H2;6H,2-5H2,1H3;1H3;3H2,1H3,(H,4,5);3H,2H2,1H3;1H3;1H4;/i;;;;;;;;;;1D;;. The molecule has 2 saturated heterocycles. The summed E-state index contributed by atoms with van der Waals surface area (Å²) in [4.78, 5) is 73.2. The Hall–Kier alpha value is -7.77. The number of carbonyl (C=O) groups is 3. The number of hydrogen-bond acceptors (Lipinski definition) is 26. The van der Waals surface area contributed by atoms with Gasteiger partial charge in [-0.2, -0.15) is 29.3 Å². The van der Waals surface area contributed by atoms with Gasteiger partial charge in [-0.3, -0.25) is 24.5 Å². The number of hydrazine groups is 1. The minimum atomic E-state index is -3.22. The third kappa shape index (κ3) is 35.8. The van der Waals surface area contributed by atoms with Crippen LogP contribution in [-0.2, 0) is 18.8 Å². The van der Waals surface area contributed by atoms with Crippen molar-refractivity contribution in [2.75, 3.05) is 116 Å². The number of nitriles is 3. The molecule has 0 saturated carbocycles. The van der Waals surface area contributed by atoms with Crippen LogP contribution in [0, 0.1) is 54.8 Å². The van der Waals surface area contributed by atoms with E-state index in [9.17, 15) is 28.1 Å². The van der Waals surface area contributed by atoms with Gasteiger partial charge in [0.15, 0.2) is 16.9 Å². The number of H-pyrrole nitrogens is 1. The molecule has 0 aliphatic carbocycles. The fourth-order valence-corrected chi connectivity index (χ4v) is 11.3. The quantitative estimate of drug-likeness (QED) is 0.0152. The van der Waals surface area contributed by atoms with Crippen molar-refractivity contribution in [1.29, 1.82) is 15.8 Å². The van der Waals surface area contributed by atoms with Crippen molar-refractivity contribution in [1.82, 2.24) is 79.3 Å². The minimum Gasteiger partial charge on any atom is -0.457 e. The molecule has 11 N–H and O–H groups in total. The van der Waals surface area contributed by atoms with E-state index in [1.807, 2.05) is 41.1 Å². The Bertz CT molecular complexity index is 5790. The molecular formula is C71H76Cl16FN24O8P. The fraction of sp³-hybridized carbons (Fsp3) is 0.282. The number of hydrogen-bond donors (Lipinski definition) is 8. The average Bonchev–Trinajstić information content (AvgIpc) is 1.56. The maximum Gasteiger partial charge on any atom is 0.411 e. The SMILES string of the molecule is C.CC(=O)NN.CCO.CN1CCNCC1.COC(=O)Cl.COC(=O)Nc1cc(Cl)c(Cl)cc1C#N.Cc1nc2c3cc(Cl)c(Cl)cc3[nH]c(=O)n2n1.Cc1nc2c3cc(Cl)c(Cl)cc3nc(Cl)n2n1.Cc1nc2c3cc(Cl)c(Cl)cc3nc(N3CCN(C)CC3)n2n1.N#Cc1cc(Cl)c(Cl)cc1N.N#Cc1ccc(Cl)cc1N.O=P(Cl)(Cl)Cl.[2H]CF. The van der Waals surface area contributed by atoms with Gasteiger partial charge in [-0.05, 0) is 166 Å². The van der Waals surface area contributed by atoms with Crippen molar-refractivity contribution in [2.45, 2.75) is 42.0 Å². The Kier molecular flexibility index (Phi) is 48.0. The maximum atomic E-state index is 11.7. The lowest BCUT2D eigenvalue weighted by atomic mass is 10.2. The highest BCUT2D eigenvalue weighted by Crippen LogP contribution is 2.61. The van der Waals surface area contributed by atoms with E-state index in [1.54, 1.807) is 69.3 Å². The van der Waals surface area contributed by atoms with Gasteiger partial charge in [0.25, 0.3) is 0 Å². The fourth-order valence-electron chi connectivity index (χ4n) is 9.28. The monoisotopic (exact) mass is 2000 g/mol. The zero-order valence-electron chi connectivity index (χ0n) is 65.1. The van der Waals surface area contributed by atoms with Crippen molar-refractivity contribution in [3.05, 3.63) is 184 Å². The number of nitrogens with one attached hydrogen (secondary N) is 4. The van der Waals surface area contributed by atoms with E-state index in [1.165, 1.54) is 67.5 Å². The second-order valence-corrected chi connectivity index (χ2v) is 35.1. The number of aromatic nitrogens is 12. The lowest BCUT2D eigenvalue weighted by Crippen LogP contribution is -2.45. The normalized spacial score (nSPS) is 11.9. The number of aromatic amines is 1. The lowest BCUT2D eigenvalue weighted by molar-refractivity contribution is -0.119. The molecule has 8 heterocycles. The molecule has 12 aromatic rings. The summed E-state index contributed by atoms with van der Waals surface area (Å²) in [6.07, 6.45) is -0.676. The average molecular weight is 2010 g/mol. The Labute approximate surface area is 773 Å². The predicted octanol–water partition coefficient (Wildman–Crippen LogP) is 19.2. The topological polar surface area (TPSA) is 451 Å². The number of halogens is 17. The van der Waals surface area contributed by atoms with Crippen LogP contribution in [0.5, 0.6) is 0 Å². The number of nitrogens with zero attached hydrogens (tertiary/aromatic N) is 17. The number of alkyl halides is 1. The lowest BCUT2D eigenvalue weighted by Gasteiger charge is -2.33. The Morgan fingerprint density at radius 3 is 1.41 bits per heavy atom. The van der Waals surface area contributed by atoms with Gasteiger partial charge in [0.2, 0.25) is 17.1 Å². The molecule has 32 nitrogen and oxygen atoms in total. The number of aliphatic hydroxyl groups is 1. The molecule has 6 aromatic heterocycles. The molecule has 6 aromatic carbocycles.